The molecule has 0 bridgehead atoms. The molecule has 5 aliphatic rings. The standard InChI is InChI=1S/C55H77N13O9S2/c56-51(72)41(16-10-12-27-57-46(69)20-9-7-17-44-49-43(34-78-44)63-55(75)64-49)62-53(73)42(32-59-47(70)19-5-2-11-28-58-52-40-15-6-8-18-45(40)79(76,77)66-52)61-48(71)30-36-21-23-37(24-22-36)31-60-54(74)50(38-25-26-38)68-33-39(65-67-68)29-35-13-3-1-4-14-35/h6,8,15,18,21-24,33,35,38,41-44,49-50H,1-5,7,9-14,16-17,19-20,25-32,34H2,(H2,56,72)(H,57,69)(H,58,66)(H,59,70)(H,60,74)(H,61,71)(H,62,73)(H2,63,64,75)/t41?,42?,43?,44-,49?,50-/m0/s1. The van der Waals surface area contributed by atoms with Gasteiger partial charge in [0.15, 0.2) is 0 Å². The summed E-state index contributed by atoms with van der Waals surface area (Å²) in [4.78, 5) is 95.5. The zero-order valence-corrected chi connectivity index (χ0v) is 46.5. The zero-order chi connectivity index (χ0) is 55.7. The third-order valence-corrected chi connectivity index (χ3v) is 18.3. The van der Waals surface area contributed by atoms with E-state index in [1.54, 1.807) is 35.0 Å². The van der Waals surface area contributed by atoms with Crippen LogP contribution in [0, 0.1) is 11.8 Å². The Morgan fingerprint density at radius 3 is 2.30 bits per heavy atom. The van der Waals surface area contributed by atoms with Gasteiger partial charge in [-0.3, -0.25) is 38.5 Å². The Morgan fingerprint density at radius 2 is 1.53 bits per heavy atom. The second kappa shape index (κ2) is 28.5. The number of benzene rings is 2. The number of urea groups is 1. The maximum Gasteiger partial charge on any atom is 0.315 e. The molecule has 0 spiro atoms. The number of hydrogen-bond donors (Lipinski definition) is 9. The first kappa shape index (κ1) is 58.6. The number of primary amides is 1. The molecule has 2 saturated carbocycles. The summed E-state index contributed by atoms with van der Waals surface area (Å²) in [6, 6.07) is 11.2. The highest BCUT2D eigenvalue weighted by molar-refractivity contribution is 8.00. The van der Waals surface area contributed by atoms with Crippen molar-refractivity contribution in [3.05, 3.63) is 77.1 Å². The number of unbranched alkanes of at least 4 members (excludes halogenated alkanes) is 4. The molecule has 4 unspecified atom stereocenters. The maximum absolute atomic E-state index is 13.8. The van der Waals surface area contributed by atoms with Gasteiger partial charge in [-0.05, 0) is 99.3 Å². The summed E-state index contributed by atoms with van der Waals surface area (Å²) in [7, 11) is -3.65. The number of amidine groups is 1. The fourth-order valence-electron chi connectivity index (χ4n) is 10.8. The second-order valence-electron chi connectivity index (χ2n) is 21.6. The number of sulfonamides is 1. The van der Waals surface area contributed by atoms with Gasteiger partial charge < -0.3 is 43.0 Å². The monoisotopic (exact) mass is 1130 g/mol. The molecule has 2 aliphatic carbocycles. The van der Waals surface area contributed by atoms with Crippen LogP contribution in [0.2, 0.25) is 0 Å². The Bertz CT molecular complexity index is 2770. The van der Waals surface area contributed by atoms with Crippen LogP contribution in [-0.2, 0) is 58.2 Å². The van der Waals surface area contributed by atoms with E-state index in [4.69, 9.17) is 5.73 Å². The van der Waals surface area contributed by atoms with Crippen LogP contribution in [0.1, 0.15) is 144 Å². The minimum atomic E-state index is -3.65. The van der Waals surface area contributed by atoms with Crippen LogP contribution in [-0.4, -0.2) is 126 Å². The average molecular weight is 1130 g/mol. The van der Waals surface area contributed by atoms with E-state index in [0.29, 0.717) is 73.9 Å². The van der Waals surface area contributed by atoms with E-state index in [-0.39, 0.29) is 84.8 Å². The van der Waals surface area contributed by atoms with E-state index in [9.17, 15) is 42.0 Å². The predicted molar refractivity (Wildman–Crippen MR) is 298 cm³/mol. The number of carbonyl (C=O) groups excluding carboxylic acids is 7. The number of amides is 8. The topological polar surface area (TPSA) is 319 Å². The summed E-state index contributed by atoms with van der Waals surface area (Å²) in [5.74, 6) is -0.567. The van der Waals surface area contributed by atoms with E-state index in [1.807, 2.05) is 30.1 Å². The Labute approximate surface area is 466 Å². The normalized spacial score (nSPS) is 20.8. The molecule has 24 heteroatoms. The van der Waals surface area contributed by atoms with E-state index in [2.05, 4.69) is 57.2 Å². The van der Waals surface area contributed by atoms with Crippen LogP contribution in [0.15, 0.2) is 64.6 Å². The van der Waals surface area contributed by atoms with Crippen molar-refractivity contribution < 1.29 is 42.0 Å². The van der Waals surface area contributed by atoms with Crippen LogP contribution in [0.3, 0.4) is 0 Å². The van der Waals surface area contributed by atoms with Crippen LogP contribution < -0.4 is 47.7 Å². The Hall–Kier alpha value is -6.56. The summed E-state index contributed by atoms with van der Waals surface area (Å²) < 4.78 is 29.1. The molecule has 79 heavy (non-hydrogen) atoms. The molecule has 428 valence electrons. The van der Waals surface area contributed by atoms with E-state index in [0.717, 1.165) is 55.5 Å². The van der Waals surface area contributed by atoms with E-state index >= 15 is 0 Å². The highest BCUT2D eigenvalue weighted by Gasteiger charge is 2.43. The predicted octanol–water partition coefficient (Wildman–Crippen LogP) is 3.09. The van der Waals surface area contributed by atoms with Crippen LogP contribution in [0.5, 0.6) is 0 Å². The minimum Gasteiger partial charge on any atom is -0.368 e. The Morgan fingerprint density at radius 1 is 0.785 bits per heavy atom. The molecule has 4 fully saturated rings. The lowest BCUT2D eigenvalue weighted by Gasteiger charge is -2.22. The van der Waals surface area contributed by atoms with Crippen LogP contribution >= 0.6 is 11.8 Å². The van der Waals surface area contributed by atoms with Gasteiger partial charge >= 0.3 is 6.03 Å². The van der Waals surface area contributed by atoms with Crippen molar-refractivity contribution in [2.24, 2.45) is 22.6 Å². The second-order valence-corrected chi connectivity index (χ2v) is 24.6. The molecular weight excluding hydrogens is 1050 g/mol. The largest absolute Gasteiger partial charge is 0.368 e. The van der Waals surface area contributed by atoms with Gasteiger partial charge in [0.25, 0.3) is 10.0 Å². The molecule has 6 atom stereocenters. The number of aliphatic imine (C=N–C) groups is 1. The van der Waals surface area contributed by atoms with Crippen molar-refractivity contribution in [1.82, 2.24) is 56.9 Å². The first-order valence-corrected chi connectivity index (χ1v) is 30.8. The number of thioether (sulfide) groups is 1. The number of rotatable bonds is 31. The van der Waals surface area contributed by atoms with Gasteiger partial charge in [-0.25, -0.2) is 17.9 Å². The van der Waals surface area contributed by atoms with Gasteiger partial charge in [0, 0.05) is 61.8 Å². The lowest BCUT2D eigenvalue weighted by Crippen LogP contribution is -2.56. The lowest BCUT2D eigenvalue weighted by atomic mass is 9.86. The Balaban J connectivity index is 0.785. The molecule has 1 aromatic heterocycles. The number of aromatic nitrogens is 3. The lowest BCUT2D eigenvalue weighted by molar-refractivity contribution is -0.131. The SMILES string of the molecule is NC(=O)C(CCCCNC(=O)CCCC[C@@H]1SCC2NC(=O)NC21)NC(=O)C(CNC(=O)CCCCCN=C1NS(=O)(=O)c2ccccc21)NC(=O)Cc1ccc(CNC(=O)[C@H](C2CC2)n2cc(CC3CCCCC3)nn2)cc1. The number of nitrogens with zero attached hydrogens (tertiary/aromatic N) is 4. The number of fused-ring (bicyclic) bond motifs is 2. The number of carbonyl (C=O) groups is 7. The molecule has 3 aliphatic heterocycles. The molecule has 22 nitrogen and oxygen atoms in total. The van der Waals surface area contributed by atoms with Crippen molar-refractivity contribution in [1.29, 1.82) is 0 Å². The van der Waals surface area contributed by atoms with Crippen molar-refractivity contribution in [3.8, 4) is 0 Å². The number of nitrogens with two attached hydrogens (primary N) is 1. The van der Waals surface area contributed by atoms with E-state index in [1.165, 1.54) is 38.2 Å². The summed E-state index contributed by atoms with van der Waals surface area (Å²) in [6.07, 6.45) is 16.6. The summed E-state index contributed by atoms with van der Waals surface area (Å²) in [5, 5.41) is 29.2. The quantitative estimate of drug-likeness (QED) is 0.0332. The molecule has 2 saturated heterocycles. The molecule has 8 amide bonds. The third-order valence-electron chi connectivity index (χ3n) is 15.4. The third kappa shape index (κ3) is 17.5. The average Bonchev–Trinajstić information content (AvgIpc) is 3.83. The van der Waals surface area contributed by atoms with Crippen molar-refractivity contribution in [2.45, 2.75) is 175 Å². The number of nitrogens with one attached hydrogen (secondary N) is 8. The van der Waals surface area contributed by atoms with Crippen molar-refractivity contribution in [2.75, 3.05) is 25.4 Å². The fourth-order valence-corrected chi connectivity index (χ4v) is 13.6. The summed E-state index contributed by atoms with van der Waals surface area (Å²) in [6.45, 7) is 0.709. The molecule has 0 radical (unpaired) electrons. The van der Waals surface area contributed by atoms with Crippen molar-refractivity contribution in [3.63, 3.8) is 0 Å². The van der Waals surface area contributed by atoms with Gasteiger partial charge in [0.1, 0.15) is 24.0 Å². The van der Waals surface area contributed by atoms with E-state index < -0.39 is 45.9 Å². The molecule has 8 rings (SSSR count). The molecule has 3 aromatic rings. The molecular formula is C55H77N13O9S2. The van der Waals surface area contributed by atoms with Crippen LogP contribution in [0.25, 0.3) is 0 Å². The van der Waals surface area contributed by atoms with Crippen molar-refractivity contribution >= 4 is 69.1 Å². The van der Waals surface area contributed by atoms with Gasteiger partial charge in [0.2, 0.25) is 35.4 Å². The minimum absolute atomic E-state index is 0.0787. The summed E-state index contributed by atoms with van der Waals surface area (Å²) in [5.41, 5.74) is 8.65. The smallest absolute Gasteiger partial charge is 0.315 e. The summed E-state index contributed by atoms with van der Waals surface area (Å²) >= 11 is 1.84. The van der Waals surface area contributed by atoms with Gasteiger partial charge in [-0.2, -0.15) is 11.8 Å². The molecule has 10 N–H and O–H groups in total. The highest BCUT2D eigenvalue weighted by atomic mass is 32.2. The molecule has 2 aromatic carbocycles. The fraction of sp³-hybridized carbons (Fsp3) is 0.600. The highest BCUT2D eigenvalue weighted by Crippen LogP contribution is 2.40. The molecule has 4 heterocycles. The first-order chi connectivity index (χ1) is 38.2. The van der Waals surface area contributed by atoms with Crippen LogP contribution in [0.4, 0.5) is 4.79 Å². The van der Waals surface area contributed by atoms with Gasteiger partial charge in [0.05, 0.1) is 29.1 Å². The first-order valence-electron chi connectivity index (χ1n) is 28.2. The number of hydrogen-bond acceptors (Lipinski definition) is 13. The zero-order valence-electron chi connectivity index (χ0n) is 44.8. The Kier molecular flexibility index (Phi) is 21.2. The maximum atomic E-state index is 13.8. The van der Waals surface area contributed by atoms with Gasteiger partial charge in [-0.15, -0.1) is 5.10 Å². The van der Waals surface area contributed by atoms with Gasteiger partial charge in [-0.1, -0.05) is 86.6 Å².